The molecule has 1 aromatic rings. The number of rotatable bonds is 3. The molecule has 0 unspecified atom stereocenters. The van der Waals surface area contributed by atoms with E-state index < -0.39 is 16.4 Å². The lowest BCUT2D eigenvalue weighted by Gasteiger charge is -2.06. The van der Waals surface area contributed by atoms with Crippen LogP contribution in [0.5, 0.6) is 5.75 Å². The molecule has 1 heterocycles. The van der Waals surface area contributed by atoms with E-state index in [0.717, 1.165) is 5.01 Å². The van der Waals surface area contributed by atoms with Gasteiger partial charge in [-0.3, -0.25) is 14.9 Å². The molecule has 1 aliphatic heterocycles. The van der Waals surface area contributed by atoms with Crippen LogP contribution < -0.4 is 0 Å². The topological polar surface area (TPSA) is 96.0 Å². The Labute approximate surface area is 117 Å². The van der Waals surface area contributed by atoms with E-state index >= 15 is 0 Å². The smallest absolute Gasteiger partial charge is 0.311 e. The highest BCUT2D eigenvalue weighted by atomic mass is 32.2. The van der Waals surface area contributed by atoms with Crippen LogP contribution in [-0.4, -0.2) is 37.2 Å². The van der Waals surface area contributed by atoms with Crippen molar-refractivity contribution < 1.29 is 14.8 Å². The second-order valence-corrected chi connectivity index (χ2v) is 5.09. The number of thiocarbonyl (C=S) groups is 1. The minimum Gasteiger partial charge on any atom is -0.502 e. The molecule has 0 radical (unpaired) electrons. The van der Waals surface area contributed by atoms with Gasteiger partial charge in [-0.2, -0.15) is 10.1 Å². The number of nitro groups is 1. The van der Waals surface area contributed by atoms with Gasteiger partial charge in [0.15, 0.2) is 4.32 Å². The number of benzene rings is 1. The maximum Gasteiger partial charge on any atom is 0.311 e. The molecule has 2 rings (SSSR count). The summed E-state index contributed by atoms with van der Waals surface area (Å²) in [5.74, 6) is -0.547. The van der Waals surface area contributed by atoms with Gasteiger partial charge in [-0.25, -0.2) is 0 Å². The number of nitrogens with zero attached hydrogens (tertiary/aromatic N) is 3. The van der Waals surface area contributed by atoms with Crippen molar-refractivity contribution in [2.45, 2.75) is 0 Å². The molecule has 1 amide bonds. The van der Waals surface area contributed by atoms with E-state index in [0.29, 0.717) is 4.32 Å². The molecule has 0 bridgehead atoms. The number of carbonyl (C=O) groups excluding carboxylic acids is 1. The normalized spacial score (nSPS) is 15.5. The van der Waals surface area contributed by atoms with Gasteiger partial charge in [0.1, 0.15) is 0 Å². The van der Waals surface area contributed by atoms with Gasteiger partial charge in [0.2, 0.25) is 5.75 Å². The van der Waals surface area contributed by atoms with Gasteiger partial charge in [0, 0.05) is 11.6 Å². The number of nitro benzene ring substituents is 1. The van der Waals surface area contributed by atoms with E-state index in [4.69, 9.17) is 12.2 Å². The number of thioether (sulfide) groups is 1. The zero-order valence-corrected chi connectivity index (χ0v) is 11.0. The number of hydrogen-bond donors (Lipinski definition) is 1. The van der Waals surface area contributed by atoms with Crippen molar-refractivity contribution in [2.75, 3.05) is 5.75 Å². The van der Waals surface area contributed by atoms with E-state index in [2.05, 4.69) is 5.10 Å². The summed E-state index contributed by atoms with van der Waals surface area (Å²) in [6, 6.07) is 4.04. The van der Waals surface area contributed by atoms with Crippen LogP contribution in [0.3, 0.4) is 0 Å². The Hall–Kier alpha value is -2.00. The zero-order valence-electron chi connectivity index (χ0n) is 9.35. The standard InChI is InChI=1S/C10H7N3O4S2/c14-8-5-19-10(18)12(8)11-4-6-2-1-3-7(9(6)15)13(16)17/h1-4,15H,5H2. The lowest BCUT2D eigenvalue weighted by molar-refractivity contribution is -0.385. The summed E-state index contributed by atoms with van der Waals surface area (Å²) in [7, 11) is 0. The Kier molecular flexibility index (Phi) is 3.76. The van der Waals surface area contributed by atoms with Crippen LogP contribution >= 0.6 is 24.0 Å². The summed E-state index contributed by atoms with van der Waals surface area (Å²) >= 11 is 6.10. The van der Waals surface area contributed by atoms with Crippen LogP contribution in [0.1, 0.15) is 5.56 Å². The van der Waals surface area contributed by atoms with Crippen LogP contribution in [0, 0.1) is 10.1 Å². The second kappa shape index (κ2) is 5.33. The number of hydrogen-bond acceptors (Lipinski definition) is 7. The predicted molar refractivity (Wildman–Crippen MR) is 74.3 cm³/mol. The average molecular weight is 297 g/mol. The third kappa shape index (κ3) is 2.71. The number of carbonyl (C=O) groups is 1. The van der Waals surface area contributed by atoms with Crippen molar-refractivity contribution in [2.24, 2.45) is 5.10 Å². The fourth-order valence-corrected chi connectivity index (χ4v) is 2.35. The fourth-order valence-electron chi connectivity index (χ4n) is 1.38. The predicted octanol–water partition coefficient (Wildman–Crippen LogP) is 1.49. The molecule has 7 nitrogen and oxygen atoms in total. The molecule has 0 saturated carbocycles. The van der Waals surface area contributed by atoms with Crippen LogP contribution in [0.15, 0.2) is 23.3 Å². The van der Waals surface area contributed by atoms with Gasteiger partial charge in [0.25, 0.3) is 5.91 Å². The highest BCUT2D eigenvalue weighted by Gasteiger charge is 2.26. The van der Waals surface area contributed by atoms with Gasteiger partial charge in [-0.15, -0.1) is 0 Å². The first-order valence-electron chi connectivity index (χ1n) is 5.01. The van der Waals surface area contributed by atoms with Crippen LogP contribution in [0.25, 0.3) is 0 Å². The fraction of sp³-hybridized carbons (Fsp3) is 0.100. The molecule has 1 fully saturated rings. The summed E-state index contributed by atoms with van der Waals surface area (Å²) in [4.78, 5) is 21.3. The lowest BCUT2D eigenvalue weighted by atomic mass is 10.2. The maximum atomic E-state index is 11.4. The number of aromatic hydroxyl groups is 1. The van der Waals surface area contributed by atoms with E-state index in [9.17, 15) is 20.0 Å². The number of amides is 1. The highest BCUT2D eigenvalue weighted by Crippen LogP contribution is 2.28. The summed E-state index contributed by atoms with van der Waals surface area (Å²) in [6.07, 6.45) is 1.17. The molecule has 1 N–H and O–H groups in total. The highest BCUT2D eigenvalue weighted by molar-refractivity contribution is 8.23. The molecular formula is C10H7N3O4S2. The van der Waals surface area contributed by atoms with Crippen molar-refractivity contribution in [3.63, 3.8) is 0 Å². The van der Waals surface area contributed by atoms with Crippen molar-refractivity contribution in [1.29, 1.82) is 0 Å². The van der Waals surface area contributed by atoms with Crippen LogP contribution in [-0.2, 0) is 4.79 Å². The molecule has 9 heteroatoms. The molecule has 0 atom stereocenters. The van der Waals surface area contributed by atoms with Crippen molar-refractivity contribution >= 4 is 46.1 Å². The molecule has 19 heavy (non-hydrogen) atoms. The minimum atomic E-state index is -0.700. The van der Waals surface area contributed by atoms with Crippen LogP contribution in [0.2, 0.25) is 0 Å². The monoisotopic (exact) mass is 297 g/mol. The Morgan fingerprint density at radius 1 is 1.58 bits per heavy atom. The van der Waals surface area contributed by atoms with Gasteiger partial charge >= 0.3 is 5.69 Å². The van der Waals surface area contributed by atoms with E-state index in [-0.39, 0.29) is 17.2 Å². The van der Waals surface area contributed by atoms with Gasteiger partial charge in [0.05, 0.1) is 16.9 Å². The number of phenolic OH excluding ortho intramolecular Hbond substituents is 1. The summed E-state index contributed by atoms with van der Waals surface area (Å²) < 4.78 is 0.311. The van der Waals surface area contributed by atoms with E-state index in [1.807, 2.05) is 0 Å². The van der Waals surface area contributed by atoms with E-state index in [1.165, 1.54) is 36.2 Å². The summed E-state index contributed by atoms with van der Waals surface area (Å²) in [5.41, 5.74) is -0.282. The zero-order chi connectivity index (χ0) is 14.0. The van der Waals surface area contributed by atoms with Crippen molar-refractivity contribution in [3.8, 4) is 5.75 Å². The quantitative estimate of drug-likeness (QED) is 0.393. The maximum absolute atomic E-state index is 11.4. The number of para-hydroxylation sites is 1. The third-order valence-corrected chi connectivity index (χ3v) is 3.62. The van der Waals surface area contributed by atoms with Crippen LogP contribution in [0.4, 0.5) is 5.69 Å². The minimum absolute atomic E-state index is 0.140. The Morgan fingerprint density at radius 3 is 2.89 bits per heavy atom. The lowest BCUT2D eigenvalue weighted by Crippen LogP contribution is -2.22. The molecule has 0 spiro atoms. The molecule has 0 aromatic heterocycles. The van der Waals surface area contributed by atoms with Gasteiger partial charge < -0.3 is 5.11 Å². The number of phenols is 1. The largest absolute Gasteiger partial charge is 0.502 e. The van der Waals surface area contributed by atoms with Crippen molar-refractivity contribution in [1.82, 2.24) is 5.01 Å². The second-order valence-electron chi connectivity index (χ2n) is 3.48. The van der Waals surface area contributed by atoms with Gasteiger partial charge in [-0.1, -0.05) is 30.0 Å². The first-order valence-corrected chi connectivity index (χ1v) is 6.40. The average Bonchev–Trinajstić information content (AvgIpc) is 2.68. The first kappa shape index (κ1) is 13.4. The Bertz CT molecular complexity index is 586. The number of hydrazone groups is 1. The molecule has 1 aromatic carbocycles. The van der Waals surface area contributed by atoms with Crippen molar-refractivity contribution in [3.05, 3.63) is 33.9 Å². The SMILES string of the molecule is O=C1CSC(=S)N1N=Cc1cccc([N+](=O)[O-])c1O. The molecule has 1 saturated heterocycles. The first-order chi connectivity index (χ1) is 9.00. The summed E-state index contributed by atoms with van der Waals surface area (Å²) in [5, 5.41) is 25.2. The third-order valence-electron chi connectivity index (χ3n) is 2.28. The molecule has 98 valence electrons. The van der Waals surface area contributed by atoms with Gasteiger partial charge in [-0.05, 0) is 6.07 Å². The Morgan fingerprint density at radius 2 is 2.32 bits per heavy atom. The Balaban J connectivity index is 2.29. The summed E-state index contributed by atoms with van der Waals surface area (Å²) in [6.45, 7) is 0. The molecular weight excluding hydrogens is 290 g/mol. The molecule has 0 aliphatic carbocycles. The molecule has 1 aliphatic rings. The van der Waals surface area contributed by atoms with E-state index in [1.54, 1.807) is 0 Å².